The highest BCUT2D eigenvalue weighted by atomic mass is 35.5. The van der Waals surface area contributed by atoms with Crippen molar-refractivity contribution in [1.82, 2.24) is 10.6 Å². The molecule has 0 fully saturated rings. The van der Waals surface area contributed by atoms with Crippen molar-refractivity contribution in [3.8, 4) is 0 Å². The monoisotopic (exact) mass is 327 g/mol. The van der Waals surface area contributed by atoms with Crippen molar-refractivity contribution in [3.05, 3.63) is 41.2 Å². The standard InChI is InChI=1S/C15H18FN3O2.ClH/c1-10(20)19-12-2-3-14(16)13(8-12)15(21)18-9-11-4-6-17-7-5-11;/h2-4,8,17H,5-7,9H2,1H3,(H,18,21)(H,19,20);1H. The van der Waals surface area contributed by atoms with Gasteiger partial charge in [0.15, 0.2) is 0 Å². The fourth-order valence-corrected chi connectivity index (χ4v) is 2.10. The lowest BCUT2D eigenvalue weighted by atomic mass is 10.1. The molecule has 0 spiro atoms. The molecule has 1 aromatic rings. The van der Waals surface area contributed by atoms with Crippen molar-refractivity contribution in [2.75, 3.05) is 25.0 Å². The molecule has 1 aliphatic heterocycles. The van der Waals surface area contributed by atoms with Crippen LogP contribution in [-0.2, 0) is 4.79 Å². The number of hydrogen-bond acceptors (Lipinski definition) is 3. The van der Waals surface area contributed by atoms with Crippen molar-refractivity contribution in [1.29, 1.82) is 0 Å². The first-order valence-corrected chi connectivity index (χ1v) is 6.80. The van der Waals surface area contributed by atoms with Crippen molar-refractivity contribution < 1.29 is 14.0 Å². The summed E-state index contributed by atoms with van der Waals surface area (Å²) in [5.41, 5.74) is 1.45. The summed E-state index contributed by atoms with van der Waals surface area (Å²) in [7, 11) is 0. The van der Waals surface area contributed by atoms with Crippen LogP contribution in [-0.4, -0.2) is 31.4 Å². The van der Waals surface area contributed by atoms with E-state index in [-0.39, 0.29) is 23.9 Å². The second-order valence-corrected chi connectivity index (χ2v) is 4.87. The smallest absolute Gasteiger partial charge is 0.254 e. The Kier molecular flexibility index (Phi) is 7.01. The van der Waals surface area contributed by atoms with E-state index >= 15 is 0 Å². The average Bonchev–Trinajstić information content (AvgIpc) is 2.47. The Morgan fingerprint density at radius 1 is 1.36 bits per heavy atom. The van der Waals surface area contributed by atoms with E-state index in [4.69, 9.17) is 0 Å². The first-order chi connectivity index (χ1) is 10.1. The summed E-state index contributed by atoms with van der Waals surface area (Å²) in [6, 6.07) is 3.93. The zero-order valence-corrected chi connectivity index (χ0v) is 13.1. The highest BCUT2D eigenvalue weighted by Crippen LogP contribution is 2.15. The zero-order chi connectivity index (χ0) is 15.2. The van der Waals surface area contributed by atoms with E-state index < -0.39 is 11.7 Å². The summed E-state index contributed by atoms with van der Waals surface area (Å²) in [6.45, 7) is 3.43. The molecule has 1 aromatic carbocycles. The van der Waals surface area contributed by atoms with Gasteiger partial charge in [-0.3, -0.25) is 9.59 Å². The maximum absolute atomic E-state index is 13.7. The summed E-state index contributed by atoms with van der Waals surface area (Å²) in [5.74, 6) is -1.37. The first-order valence-electron chi connectivity index (χ1n) is 6.80. The van der Waals surface area contributed by atoms with Crippen LogP contribution in [0.4, 0.5) is 10.1 Å². The van der Waals surface area contributed by atoms with Crippen LogP contribution in [0.1, 0.15) is 23.7 Å². The van der Waals surface area contributed by atoms with Gasteiger partial charge in [-0.1, -0.05) is 11.6 Å². The van der Waals surface area contributed by atoms with E-state index in [0.717, 1.165) is 25.1 Å². The van der Waals surface area contributed by atoms with Gasteiger partial charge in [0, 0.05) is 25.7 Å². The van der Waals surface area contributed by atoms with Crippen LogP contribution in [0.3, 0.4) is 0 Å². The second-order valence-electron chi connectivity index (χ2n) is 4.87. The third kappa shape index (κ3) is 5.13. The minimum atomic E-state index is -0.610. The summed E-state index contributed by atoms with van der Waals surface area (Å²) < 4.78 is 13.7. The van der Waals surface area contributed by atoms with Crippen LogP contribution >= 0.6 is 12.4 Å². The zero-order valence-electron chi connectivity index (χ0n) is 12.2. The number of rotatable bonds is 4. The Hall–Kier alpha value is -1.92. The van der Waals surface area contributed by atoms with Gasteiger partial charge in [0.05, 0.1) is 5.56 Å². The normalized spacial score (nSPS) is 13.6. The Morgan fingerprint density at radius 2 is 2.14 bits per heavy atom. The van der Waals surface area contributed by atoms with Gasteiger partial charge in [-0.15, -0.1) is 12.4 Å². The van der Waals surface area contributed by atoms with Crippen molar-refractivity contribution in [2.24, 2.45) is 0 Å². The van der Waals surface area contributed by atoms with Crippen molar-refractivity contribution >= 4 is 29.9 Å². The molecule has 2 amide bonds. The molecule has 1 aliphatic rings. The third-order valence-corrected chi connectivity index (χ3v) is 3.17. The summed E-state index contributed by atoms with van der Waals surface area (Å²) in [4.78, 5) is 23.0. The number of amides is 2. The van der Waals surface area contributed by atoms with E-state index in [1.54, 1.807) is 0 Å². The first kappa shape index (κ1) is 18.1. The number of carbonyl (C=O) groups excluding carboxylic acids is 2. The van der Waals surface area contributed by atoms with E-state index in [1.165, 1.54) is 25.1 Å². The topological polar surface area (TPSA) is 70.2 Å². The molecule has 22 heavy (non-hydrogen) atoms. The van der Waals surface area contributed by atoms with Crippen LogP contribution in [0.5, 0.6) is 0 Å². The molecular weight excluding hydrogens is 309 g/mol. The van der Waals surface area contributed by atoms with Gasteiger partial charge in [-0.2, -0.15) is 0 Å². The molecule has 0 atom stereocenters. The molecule has 0 saturated carbocycles. The molecule has 0 bridgehead atoms. The number of anilines is 1. The Labute approximate surface area is 134 Å². The molecule has 2 rings (SSSR count). The number of hydrogen-bond donors (Lipinski definition) is 3. The summed E-state index contributed by atoms with van der Waals surface area (Å²) >= 11 is 0. The molecule has 3 N–H and O–H groups in total. The van der Waals surface area contributed by atoms with Gasteiger partial charge >= 0.3 is 0 Å². The fourth-order valence-electron chi connectivity index (χ4n) is 2.10. The molecule has 7 heteroatoms. The SMILES string of the molecule is CC(=O)Nc1ccc(F)c(C(=O)NCC2=CCNCC2)c1.Cl. The molecule has 120 valence electrons. The quantitative estimate of drug-likeness (QED) is 0.739. The highest BCUT2D eigenvalue weighted by Gasteiger charge is 2.13. The maximum atomic E-state index is 13.7. The summed E-state index contributed by atoms with van der Waals surface area (Å²) in [5, 5.41) is 8.41. The van der Waals surface area contributed by atoms with Crippen LogP contribution in [0.2, 0.25) is 0 Å². The number of nitrogens with one attached hydrogen (secondary N) is 3. The van der Waals surface area contributed by atoms with Gasteiger partial charge in [-0.05, 0) is 31.2 Å². The average molecular weight is 328 g/mol. The van der Waals surface area contributed by atoms with Crippen LogP contribution in [0.15, 0.2) is 29.8 Å². The third-order valence-electron chi connectivity index (χ3n) is 3.17. The van der Waals surface area contributed by atoms with Crippen LogP contribution in [0, 0.1) is 5.82 Å². The lowest BCUT2D eigenvalue weighted by Crippen LogP contribution is -2.30. The maximum Gasteiger partial charge on any atom is 0.254 e. The van der Waals surface area contributed by atoms with Gasteiger partial charge in [0.25, 0.3) is 5.91 Å². The van der Waals surface area contributed by atoms with Crippen molar-refractivity contribution in [2.45, 2.75) is 13.3 Å². The van der Waals surface area contributed by atoms with E-state index in [9.17, 15) is 14.0 Å². The van der Waals surface area contributed by atoms with E-state index in [2.05, 4.69) is 16.0 Å². The predicted molar refractivity (Wildman–Crippen MR) is 85.9 cm³/mol. The Bertz CT molecular complexity index is 590. The molecule has 0 unspecified atom stereocenters. The minimum Gasteiger partial charge on any atom is -0.348 e. The minimum absolute atomic E-state index is 0. The number of carbonyl (C=O) groups is 2. The Balaban J connectivity index is 0.00000242. The molecule has 0 aromatic heterocycles. The second kappa shape index (κ2) is 8.51. The molecule has 0 saturated heterocycles. The number of benzene rings is 1. The van der Waals surface area contributed by atoms with Gasteiger partial charge < -0.3 is 16.0 Å². The van der Waals surface area contributed by atoms with Gasteiger partial charge in [0.2, 0.25) is 5.91 Å². The Morgan fingerprint density at radius 3 is 2.77 bits per heavy atom. The van der Waals surface area contributed by atoms with Crippen LogP contribution < -0.4 is 16.0 Å². The molecule has 0 aliphatic carbocycles. The lowest BCUT2D eigenvalue weighted by Gasteiger charge is -2.15. The molecule has 5 nitrogen and oxygen atoms in total. The fraction of sp³-hybridized carbons (Fsp3) is 0.333. The molecule has 1 heterocycles. The lowest BCUT2D eigenvalue weighted by molar-refractivity contribution is -0.114. The van der Waals surface area contributed by atoms with Crippen molar-refractivity contribution in [3.63, 3.8) is 0 Å². The van der Waals surface area contributed by atoms with Gasteiger partial charge in [0.1, 0.15) is 5.82 Å². The largest absolute Gasteiger partial charge is 0.348 e. The highest BCUT2D eigenvalue weighted by molar-refractivity contribution is 5.97. The summed E-state index contributed by atoms with van der Waals surface area (Å²) in [6.07, 6.45) is 2.89. The van der Waals surface area contributed by atoms with Gasteiger partial charge in [-0.25, -0.2) is 4.39 Å². The number of halogens is 2. The van der Waals surface area contributed by atoms with E-state index in [1.807, 2.05) is 6.08 Å². The molecular formula is C15H19ClFN3O2. The molecule has 0 radical (unpaired) electrons. The predicted octanol–water partition coefficient (Wildman–Crippen LogP) is 1.86. The van der Waals surface area contributed by atoms with Crippen LogP contribution in [0.25, 0.3) is 0 Å². The van der Waals surface area contributed by atoms with E-state index in [0.29, 0.717) is 12.2 Å².